The zero-order chi connectivity index (χ0) is 16.4. The number of nitro benzene ring substituents is 1. The van der Waals surface area contributed by atoms with E-state index in [4.69, 9.17) is 4.42 Å². The van der Waals surface area contributed by atoms with Gasteiger partial charge in [-0.15, -0.1) is 0 Å². The normalized spacial score (nSPS) is 10.9. The number of oxazole rings is 1. The molecule has 0 radical (unpaired) electrons. The van der Waals surface area contributed by atoms with Gasteiger partial charge in [0.15, 0.2) is 5.58 Å². The van der Waals surface area contributed by atoms with E-state index in [0.29, 0.717) is 17.0 Å². The molecule has 0 saturated carbocycles. The second-order valence-electron chi connectivity index (χ2n) is 5.15. The second kappa shape index (κ2) is 6.08. The Morgan fingerprint density at radius 3 is 2.43 bits per heavy atom. The second-order valence-corrected chi connectivity index (χ2v) is 5.15. The highest BCUT2D eigenvalue weighted by atomic mass is 16.6. The molecule has 0 aliphatic carbocycles. The molecule has 0 saturated heterocycles. The average molecular weight is 311 g/mol. The van der Waals surface area contributed by atoms with Crippen LogP contribution >= 0.6 is 0 Å². The van der Waals surface area contributed by atoms with Crippen molar-refractivity contribution in [3.63, 3.8) is 0 Å². The van der Waals surface area contributed by atoms with E-state index in [9.17, 15) is 10.1 Å². The van der Waals surface area contributed by atoms with Crippen LogP contribution in [0.2, 0.25) is 0 Å². The van der Waals surface area contributed by atoms with Crippen molar-refractivity contribution in [1.29, 1.82) is 0 Å². The van der Waals surface area contributed by atoms with Gasteiger partial charge < -0.3 is 9.32 Å². The predicted molar refractivity (Wildman–Crippen MR) is 89.7 cm³/mol. The number of nitrogens with zero attached hydrogens (tertiary/aromatic N) is 3. The quantitative estimate of drug-likeness (QED) is 0.520. The number of non-ortho nitro benzene ring substituents is 1. The standard InChI is InChI=1S/C17H17N3O3/c1-3-19(4-2)13-7-5-12(6-8-13)17-18-15-10-9-14(20(21)22)11-16(15)23-17/h5-11H,3-4H2,1-2H3. The monoisotopic (exact) mass is 311 g/mol. The lowest BCUT2D eigenvalue weighted by Gasteiger charge is -2.20. The molecule has 0 unspecified atom stereocenters. The van der Waals surface area contributed by atoms with Crippen molar-refractivity contribution in [1.82, 2.24) is 4.98 Å². The molecule has 0 fully saturated rings. The van der Waals surface area contributed by atoms with Crippen LogP contribution < -0.4 is 4.90 Å². The summed E-state index contributed by atoms with van der Waals surface area (Å²) in [7, 11) is 0. The summed E-state index contributed by atoms with van der Waals surface area (Å²) in [5.74, 6) is 0.464. The van der Waals surface area contributed by atoms with Crippen LogP contribution in [0.5, 0.6) is 0 Å². The minimum absolute atomic E-state index is 0.00270. The van der Waals surface area contributed by atoms with Crippen LogP contribution in [0, 0.1) is 10.1 Å². The highest BCUT2D eigenvalue weighted by molar-refractivity contribution is 5.78. The molecule has 6 heteroatoms. The van der Waals surface area contributed by atoms with Gasteiger partial charge >= 0.3 is 0 Å². The third-order valence-corrected chi connectivity index (χ3v) is 3.83. The first kappa shape index (κ1) is 15.0. The van der Waals surface area contributed by atoms with Crippen LogP contribution in [0.25, 0.3) is 22.6 Å². The SMILES string of the molecule is CCN(CC)c1ccc(-c2nc3ccc([N+](=O)[O-])cc3o2)cc1. The van der Waals surface area contributed by atoms with E-state index in [0.717, 1.165) is 24.3 Å². The minimum atomic E-state index is -0.444. The molecule has 118 valence electrons. The average Bonchev–Trinajstić information content (AvgIpc) is 2.99. The van der Waals surface area contributed by atoms with Gasteiger partial charge in [0.05, 0.1) is 11.0 Å². The highest BCUT2D eigenvalue weighted by Gasteiger charge is 2.13. The molecular formula is C17H17N3O3. The fourth-order valence-corrected chi connectivity index (χ4v) is 2.55. The zero-order valence-electron chi connectivity index (χ0n) is 13.0. The van der Waals surface area contributed by atoms with Crippen LogP contribution in [0.3, 0.4) is 0 Å². The summed E-state index contributed by atoms with van der Waals surface area (Å²) < 4.78 is 5.67. The maximum Gasteiger partial charge on any atom is 0.273 e. The summed E-state index contributed by atoms with van der Waals surface area (Å²) in [5, 5.41) is 10.8. The van der Waals surface area contributed by atoms with Gasteiger partial charge in [-0.2, -0.15) is 0 Å². The summed E-state index contributed by atoms with van der Waals surface area (Å²) in [6.45, 7) is 6.13. The van der Waals surface area contributed by atoms with Crippen molar-refractivity contribution in [2.45, 2.75) is 13.8 Å². The predicted octanol–water partition coefficient (Wildman–Crippen LogP) is 4.25. The van der Waals surface area contributed by atoms with Crippen molar-refractivity contribution in [3.8, 4) is 11.5 Å². The fourth-order valence-electron chi connectivity index (χ4n) is 2.55. The van der Waals surface area contributed by atoms with Gasteiger partial charge in [-0.3, -0.25) is 10.1 Å². The summed E-state index contributed by atoms with van der Waals surface area (Å²) in [5.41, 5.74) is 3.02. The number of nitro groups is 1. The van der Waals surface area contributed by atoms with Gasteiger partial charge in [0.1, 0.15) is 5.52 Å². The first-order chi connectivity index (χ1) is 11.1. The molecule has 6 nitrogen and oxygen atoms in total. The van der Waals surface area contributed by atoms with Gasteiger partial charge in [-0.1, -0.05) is 0 Å². The van der Waals surface area contributed by atoms with Crippen LogP contribution in [-0.2, 0) is 0 Å². The first-order valence-corrected chi connectivity index (χ1v) is 7.52. The molecule has 1 heterocycles. The number of fused-ring (bicyclic) bond motifs is 1. The number of rotatable bonds is 5. The van der Waals surface area contributed by atoms with Crippen molar-refractivity contribution in [3.05, 3.63) is 52.6 Å². The molecule has 23 heavy (non-hydrogen) atoms. The van der Waals surface area contributed by atoms with Crippen LogP contribution in [0.15, 0.2) is 46.9 Å². The largest absolute Gasteiger partial charge is 0.436 e. The number of aromatic nitrogens is 1. The third-order valence-electron chi connectivity index (χ3n) is 3.83. The van der Waals surface area contributed by atoms with Crippen molar-refractivity contribution in [2.75, 3.05) is 18.0 Å². The van der Waals surface area contributed by atoms with Gasteiger partial charge in [0.2, 0.25) is 5.89 Å². The van der Waals surface area contributed by atoms with Gasteiger partial charge in [-0.05, 0) is 44.2 Å². The van der Waals surface area contributed by atoms with E-state index in [-0.39, 0.29) is 5.69 Å². The molecular weight excluding hydrogens is 294 g/mol. The topological polar surface area (TPSA) is 72.4 Å². The Morgan fingerprint density at radius 2 is 1.83 bits per heavy atom. The van der Waals surface area contributed by atoms with E-state index >= 15 is 0 Å². The number of hydrogen-bond donors (Lipinski definition) is 0. The Balaban J connectivity index is 1.95. The van der Waals surface area contributed by atoms with E-state index in [1.165, 1.54) is 12.1 Å². The Labute approximate surface area is 133 Å². The van der Waals surface area contributed by atoms with Crippen LogP contribution in [0.1, 0.15) is 13.8 Å². The summed E-state index contributed by atoms with van der Waals surface area (Å²) >= 11 is 0. The van der Waals surface area contributed by atoms with Gasteiger partial charge in [0, 0.05) is 30.4 Å². The molecule has 2 aromatic carbocycles. The highest BCUT2D eigenvalue weighted by Crippen LogP contribution is 2.28. The van der Waals surface area contributed by atoms with E-state index in [1.807, 2.05) is 24.3 Å². The maximum absolute atomic E-state index is 10.8. The van der Waals surface area contributed by atoms with Gasteiger partial charge in [0.25, 0.3) is 5.69 Å². The molecule has 3 rings (SSSR count). The van der Waals surface area contributed by atoms with E-state index in [1.54, 1.807) is 6.07 Å². The molecule has 0 aliphatic rings. The molecule has 3 aromatic rings. The minimum Gasteiger partial charge on any atom is -0.436 e. The number of hydrogen-bond acceptors (Lipinski definition) is 5. The smallest absolute Gasteiger partial charge is 0.273 e. The summed E-state index contributed by atoms with van der Waals surface area (Å²) in [4.78, 5) is 17.0. The van der Waals surface area contributed by atoms with Crippen LogP contribution in [0.4, 0.5) is 11.4 Å². The number of benzene rings is 2. The molecule has 0 amide bonds. The van der Waals surface area contributed by atoms with Crippen molar-refractivity contribution < 1.29 is 9.34 Å². The lowest BCUT2D eigenvalue weighted by molar-refractivity contribution is -0.384. The molecule has 0 spiro atoms. The first-order valence-electron chi connectivity index (χ1n) is 7.52. The van der Waals surface area contributed by atoms with Crippen molar-refractivity contribution >= 4 is 22.5 Å². The molecule has 0 N–H and O–H groups in total. The molecule has 0 aliphatic heterocycles. The Hall–Kier alpha value is -2.89. The maximum atomic E-state index is 10.8. The zero-order valence-corrected chi connectivity index (χ0v) is 13.0. The fraction of sp³-hybridized carbons (Fsp3) is 0.235. The Morgan fingerprint density at radius 1 is 1.13 bits per heavy atom. The lowest BCUT2D eigenvalue weighted by Crippen LogP contribution is -2.21. The lowest BCUT2D eigenvalue weighted by atomic mass is 10.2. The Kier molecular flexibility index (Phi) is 3.97. The van der Waals surface area contributed by atoms with Crippen molar-refractivity contribution in [2.24, 2.45) is 0 Å². The van der Waals surface area contributed by atoms with Gasteiger partial charge in [-0.25, -0.2) is 4.98 Å². The molecule has 1 aromatic heterocycles. The Bertz CT molecular complexity index is 836. The van der Waals surface area contributed by atoms with E-state index < -0.39 is 4.92 Å². The molecule has 0 bridgehead atoms. The number of anilines is 1. The molecule has 0 atom stereocenters. The third kappa shape index (κ3) is 2.88. The summed E-state index contributed by atoms with van der Waals surface area (Å²) in [6.07, 6.45) is 0. The van der Waals surface area contributed by atoms with E-state index in [2.05, 4.69) is 23.7 Å². The van der Waals surface area contributed by atoms with Crippen LogP contribution in [-0.4, -0.2) is 23.0 Å². The summed E-state index contributed by atoms with van der Waals surface area (Å²) in [6, 6.07) is 12.4.